The summed E-state index contributed by atoms with van der Waals surface area (Å²) in [5, 5.41) is 8.88. The first-order valence-electron chi connectivity index (χ1n) is 7.75. The molecule has 0 spiro atoms. The SMILES string of the molecule is COc1ccc(N2C(=NC(=O)CC#N)S[C@H]3CS(=O)(=O)C[C@@H]32)cc1OC. The Morgan fingerprint density at radius 2 is 2.08 bits per heavy atom. The minimum absolute atomic E-state index is 0.00945. The van der Waals surface area contributed by atoms with E-state index in [1.54, 1.807) is 29.2 Å². The molecule has 0 saturated carbocycles. The maximum absolute atomic E-state index is 12.0. The van der Waals surface area contributed by atoms with E-state index in [9.17, 15) is 13.2 Å². The molecule has 3 rings (SSSR count). The molecule has 0 bridgehead atoms. The molecule has 0 aliphatic carbocycles. The molecule has 8 nitrogen and oxygen atoms in total. The van der Waals surface area contributed by atoms with Crippen molar-refractivity contribution in [3.05, 3.63) is 18.2 Å². The van der Waals surface area contributed by atoms with Crippen LogP contribution >= 0.6 is 11.8 Å². The van der Waals surface area contributed by atoms with Gasteiger partial charge in [-0.15, -0.1) is 0 Å². The van der Waals surface area contributed by atoms with Gasteiger partial charge in [0.15, 0.2) is 26.5 Å². The van der Waals surface area contributed by atoms with Gasteiger partial charge in [-0.2, -0.15) is 10.3 Å². The summed E-state index contributed by atoms with van der Waals surface area (Å²) in [5.74, 6) is 0.505. The average molecular weight is 395 g/mol. The maximum atomic E-state index is 12.0. The van der Waals surface area contributed by atoms with Crippen LogP contribution in [0, 0.1) is 11.3 Å². The molecular formula is C16H17N3O5S2. The normalized spacial score (nSPS) is 25.0. The van der Waals surface area contributed by atoms with Crippen LogP contribution in [0.3, 0.4) is 0 Å². The number of anilines is 1. The monoisotopic (exact) mass is 395 g/mol. The molecule has 10 heteroatoms. The van der Waals surface area contributed by atoms with Crippen molar-refractivity contribution in [2.24, 2.45) is 4.99 Å². The second-order valence-corrected chi connectivity index (χ2v) is 9.19. The minimum atomic E-state index is -3.15. The zero-order valence-corrected chi connectivity index (χ0v) is 15.8. The van der Waals surface area contributed by atoms with Gasteiger partial charge in [-0.25, -0.2) is 8.42 Å². The number of rotatable bonds is 4. The van der Waals surface area contributed by atoms with E-state index in [1.165, 1.54) is 26.0 Å². The second kappa shape index (κ2) is 7.17. The number of sulfone groups is 1. The van der Waals surface area contributed by atoms with Crippen molar-refractivity contribution in [2.75, 3.05) is 30.6 Å². The van der Waals surface area contributed by atoms with Crippen molar-refractivity contribution in [1.82, 2.24) is 0 Å². The fourth-order valence-electron chi connectivity index (χ4n) is 3.06. The van der Waals surface area contributed by atoms with E-state index in [0.717, 1.165) is 0 Å². The lowest BCUT2D eigenvalue weighted by molar-refractivity contribution is -0.116. The first-order chi connectivity index (χ1) is 12.4. The molecule has 2 heterocycles. The van der Waals surface area contributed by atoms with Crippen molar-refractivity contribution in [1.29, 1.82) is 5.26 Å². The first-order valence-corrected chi connectivity index (χ1v) is 10.5. The Labute approximate surface area is 155 Å². The molecule has 1 aromatic rings. The maximum Gasteiger partial charge on any atom is 0.262 e. The third-order valence-electron chi connectivity index (χ3n) is 4.16. The van der Waals surface area contributed by atoms with Gasteiger partial charge in [-0.1, -0.05) is 11.8 Å². The lowest BCUT2D eigenvalue weighted by Gasteiger charge is -2.25. The summed E-state index contributed by atoms with van der Waals surface area (Å²) in [6, 6.07) is 6.65. The van der Waals surface area contributed by atoms with Crippen LogP contribution < -0.4 is 14.4 Å². The number of methoxy groups -OCH3 is 2. The number of aliphatic imine (C=N–C) groups is 1. The third kappa shape index (κ3) is 3.50. The van der Waals surface area contributed by atoms with Crippen LogP contribution in [0.25, 0.3) is 0 Å². The van der Waals surface area contributed by atoms with Gasteiger partial charge >= 0.3 is 0 Å². The zero-order chi connectivity index (χ0) is 18.9. The Kier molecular flexibility index (Phi) is 5.11. The van der Waals surface area contributed by atoms with Crippen molar-refractivity contribution in [3.63, 3.8) is 0 Å². The Hall–Kier alpha value is -2.25. The van der Waals surface area contributed by atoms with Crippen LogP contribution in [0.2, 0.25) is 0 Å². The molecule has 0 N–H and O–H groups in total. The van der Waals surface area contributed by atoms with Crippen molar-refractivity contribution < 1.29 is 22.7 Å². The minimum Gasteiger partial charge on any atom is -0.493 e. The summed E-state index contributed by atoms with van der Waals surface area (Å²) in [4.78, 5) is 17.6. The van der Waals surface area contributed by atoms with Crippen molar-refractivity contribution >= 4 is 38.4 Å². The lowest BCUT2D eigenvalue weighted by Crippen LogP contribution is -2.37. The van der Waals surface area contributed by atoms with Gasteiger partial charge in [0.05, 0.1) is 37.8 Å². The van der Waals surface area contributed by atoms with Crippen molar-refractivity contribution in [3.8, 4) is 17.6 Å². The molecule has 0 aromatic heterocycles. The molecule has 1 aromatic carbocycles. The number of nitrogens with zero attached hydrogens (tertiary/aromatic N) is 3. The number of fused-ring (bicyclic) bond motifs is 1. The van der Waals surface area contributed by atoms with Gasteiger partial charge in [0.1, 0.15) is 6.42 Å². The average Bonchev–Trinajstić information content (AvgIpc) is 3.05. The van der Waals surface area contributed by atoms with Crippen molar-refractivity contribution in [2.45, 2.75) is 17.7 Å². The van der Waals surface area contributed by atoms with Gasteiger partial charge in [-0.3, -0.25) is 4.79 Å². The molecule has 2 aliphatic heterocycles. The molecule has 138 valence electrons. The summed E-state index contributed by atoms with van der Waals surface area (Å²) >= 11 is 1.26. The summed E-state index contributed by atoms with van der Waals surface area (Å²) < 4.78 is 34.6. The number of carbonyl (C=O) groups excluding carboxylic acids is 1. The molecule has 1 amide bonds. The lowest BCUT2D eigenvalue weighted by atomic mass is 10.2. The quantitative estimate of drug-likeness (QED) is 0.749. The Morgan fingerprint density at radius 1 is 1.35 bits per heavy atom. The number of carbonyl (C=O) groups is 1. The van der Waals surface area contributed by atoms with E-state index in [2.05, 4.69) is 4.99 Å². The van der Waals surface area contributed by atoms with E-state index in [0.29, 0.717) is 22.4 Å². The fourth-order valence-corrected chi connectivity index (χ4v) is 6.99. The molecular weight excluding hydrogens is 378 g/mol. The summed E-state index contributed by atoms with van der Waals surface area (Å²) in [6.45, 7) is 0. The number of nitriles is 1. The molecule has 2 atom stereocenters. The van der Waals surface area contributed by atoms with Crippen LogP contribution in [0.5, 0.6) is 11.5 Å². The van der Waals surface area contributed by atoms with E-state index in [4.69, 9.17) is 14.7 Å². The molecule has 0 unspecified atom stereocenters. The van der Waals surface area contributed by atoms with Crippen LogP contribution in [-0.2, 0) is 14.6 Å². The van der Waals surface area contributed by atoms with E-state index < -0.39 is 15.7 Å². The largest absolute Gasteiger partial charge is 0.493 e. The molecule has 26 heavy (non-hydrogen) atoms. The highest BCUT2D eigenvalue weighted by molar-refractivity contribution is 8.16. The fraction of sp³-hybridized carbons (Fsp3) is 0.438. The van der Waals surface area contributed by atoms with Gasteiger partial charge in [-0.05, 0) is 12.1 Å². The first kappa shape index (κ1) is 18.5. The van der Waals surface area contributed by atoms with Crippen LogP contribution in [0.4, 0.5) is 5.69 Å². The number of hydrogen-bond acceptors (Lipinski definition) is 7. The number of amidine groups is 1. The highest BCUT2D eigenvalue weighted by Gasteiger charge is 2.49. The Balaban J connectivity index is 2.03. The van der Waals surface area contributed by atoms with Gasteiger partial charge < -0.3 is 14.4 Å². The number of ether oxygens (including phenoxy) is 2. The second-order valence-electron chi connectivity index (χ2n) is 5.83. The standard InChI is InChI=1S/C16H17N3O5S2/c1-23-12-4-3-10(7-13(12)24-2)19-11-8-26(21,22)9-14(11)25-16(19)18-15(20)5-6-17/h3-4,7,11,14H,5,8-9H2,1-2H3/t11-,14-/m0/s1. The highest BCUT2D eigenvalue weighted by Crippen LogP contribution is 2.43. The molecule has 2 aliphatic rings. The Bertz CT molecular complexity index is 907. The highest BCUT2D eigenvalue weighted by atomic mass is 32.2. The van der Waals surface area contributed by atoms with Crippen LogP contribution in [0.1, 0.15) is 6.42 Å². The van der Waals surface area contributed by atoms with Gasteiger partial charge in [0.25, 0.3) is 5.91 Å². The number of amides is 1. The van der Waals surface area contributed by atoms with Crippen LogP contribution in [0.15, 0.2) is 23.2 Å². The summed E-state index contributed by atoms with van der Waals surface area (Å²) in [5.41, 5.74) is 0.656. The smallest absolute Gasteiger partial charge is 0.262 e. The zero-order valence-electron chi connectivity index (χ0n) is 14.2. The predicted molar refractivity (Wildman–Crippen MR) is 98.5 cm³/mol. The summed E-state index contributed by atoms with van der Waals surface area (Å²) in [7, 11) is -0.115. The van der Waals surface area contributed by atoms with E-state index >= 15 is 0 Å². The van der Waals surface area contributed by atoms with E-state index in [1.807, 2.05) is 0 Å². The molecule has 2 fully saturated rings. The van der Waals surface area contributed by atoms with E-state index in [-0.39, 0.29) is 29.2 Å². The number of benzene rings is 1. The number of hydrogen-bond donors (Lipinski definition) is 0. The van der Waals surface area contributed by atoms with Gasteiger partial charge in [0, 0.05) is 17.0 Å². The predicted octanol–water partition coefficient (Wildman–Crippen LogP) is 1.22. The number of thioether (sulfide) groups is 1. The van der Waals surface area contributed by atoms with Crippen LogP contribution in [-0.4, -0.2) is 56.5 Å². The van der Waals surface area contributed by atoms with Gasteiger partial charge in [0.2, 0.25) is 0 Å². The third-order valence-corrected chi connectivity index (χ3v) is 7.37. The topological polar surface area (TPSA) is 109 Å². The molecule has 0 radical (unpaired) electrons. The Morgan fingerprint density at radius 3 is 2.73 bits per heavy atom. The summed E-state index contributed by atoms with van der Waals surface area (Å²) in [6.07, 6.45) is -0.322. The molecule has 2 saturated heterocycles.